The molecule has 0 spiro atoms. The smallest absolute Gasteiger partial charge is 0.259 e. The van der Waals surface area contributed by atoms with Gasteiger partial charge in [0.05, 0.1) is 22.0 Å². The first kappa shape index (κ1) is 13.2. The van der Waals surface area contributed by atoms with E-state index in [0.29, 0.717) is 0 Å². The molecule has 2 rings (SSSR count). The van der Waals surface area contributed by atoms with Gasteiger partial charge < -0.3 is 16.2 Å². The van der Waals surface area contributed by atoms with Crippen LogP contribution >= 0.6 is 11.6 Å². The van der Waals surface area contributed by atoms with Crippen molar-refractivity contribution in [1.29, 1.82) is 0 Å². The lowest BCUT2D eigenvalue weighted by atomic mass is 10.1. The lowest BCUT2D eigenvalue weighted by molar-refractivity contribution is 0.102. The quantitative estimate of drug-likeness (QED) is 0.585. The molecule has 6 heteroatoms. The Hall–Kier alpha value is -2.27. The molecule has 2 aromatic carbocycles. The molecule has 1 amide bonds. The second-order valence-electron chi connectivity index (χ2n) is 3.82. The molecule has 0 aliphatic carbocycles. The van der Waals surface area contributed by atoms with Crippen molar-refractivity contribution in [3.8, 4) is 5.75 Å². The van der Waals surface area contributed by atoms with Crippen molar-refractivity contribution >= 4 is 28.9 Å². The van der Waals surface area contributed by atoms with E-state index < -0.39 is 11.7 Å². The number of benzene rings is 2. The van der Waals surface area contributed by atoms with Crippen LogP contribution < -0.4 is 11.1 Å². The molecule has 0 aromatic heterocycles. The number of rotatable bonds is 2. The summed E-state index contributed by atoms with van der Waals surface area (Å²) in [6.45, 7) is 0. The molecule has 0 atom stereocenters. The van der Waals surface area contributed by atoms with Crippen molar-refractivity contribution in [1.82, 2.24) is 0 Å². The van der Waals surface area contributed by atoms with E-state index in [4.69, 9.17) is 17.3 Å². The van der Waals surface area contributed by atoms with E-state index >= 15 is 0 Å². The Labute approximate surface area is 113 Å². The van der Waals surface area contributed by atoms with Crippen LogP contribution in [0.25, 0.3) is 0 Å². The Kier molecular flexibility index (Phi) is 3.57. The summed E-state index contributed by atoms with van der Waals surface area (Å²) in [6, 6.07) is 8.00. The Balaban J connectivity index is 2.28. The van der Waals surface area contributed by atoms with E-state index in [1.807, 2.05) is 0 Å². The van der Waals surface area contributed by atoms with Crippen LogP contribution in [0.2, 0.25) is 5.02 Å². The van der Waals surface area contributed by atoms with Gasteiger partial charge in [0, 0.05) is 0 Å². The lowest BCUT2D eigenvalue weighted by Gasteiger charge is -2.09. The van der Waals surface area contributed by atoms with Crippen molar-refractivity contribution in [3.63, 3.8) is 0 Å². The maximum atomic E-state index is 12.9. The Bertz CT molecular complexity index is 647. The number of halogens is 2. The molecular weight excluding hydrogens is 271 g/mol. The maximum Gasteiger partial charge on any atom is 0.259 e. The maximum absolute atomic E-state index is 12.9. The zero-order valence-corrected chi connectivity index (χ0v) is 10.4. The molecule has 19 heavy (non-hydrogen) atoms. The highest BCUT2D eigenvalue weighted by Gasteiger charge is 2.14. The molecule has 4 N–H and O–H groups in total. The number of carbonyl (C=O) groups is 1. The lowest BCUT2D eigenvalue weighted by Crippen LogP contribution is -2.13. The predicted octanol–water partition coefficient (Wildman–Crippen LogP) is 3.02. The first-order chi connectivity index (χ1) is 8.99. The number of phenols is 1. The largest absolute Gasteiger partial charge is 0.505 e. The van der Waals surface area contributed by atoms with Crippen LogP contribution in [0.1, 0.15) is 10.4 Å². The van der Waals surface area contributed by atoms with Gasteiger partial charge >= 0.3 is 0 Å². The molecule has 0 unspecified atom stereocenters. The zero-order valence-electron chi connectivity index (χ0n) is 9.65. The number of anilines is 2. The molecule has 0 radical (unpaired) electrons. The number of hydrogen-bond donors (Lipinski definition) is 3. The van der Waals surface area contributed by atoms with Crippen LogP contribution in [-0.2, 0) is 0 Å². The van der Waals surface area contributed by atoms with E-state index in [1.165, 1.54) is 30.3 Å². The molecular formula is C13H10ClFN2O2. The molecule has 0 heterocycles. The van der Waals surface area contributed by atoms with E-state index in [-0.39, 0.29) is 27.7 Å². The van der Waals surface area contributed by atoms with Crippen LogP contribution in [0, 0.1) is 5.82 Å². The fraction of sp³-hybridized carbons (Fsp3) is 0. The van der Waals surface area contributed by atoms with Gasteiger partial charge in [0.1, 0.15) is 5.82 Å². The van der Waals surface area contributed by atoms with Crippen LogP contribution in [0.15, 0.2) is 36.4 Å². The monoisotopic (exact) mass is 280 g/mol. The van der Waals surface area contributed by atoms with Crippen LogP contribution in [-0.4, -0.2) is 11.0 Å². The van der Waals surface area contributed by atoms with E-state index in [0.717, 1.165) is 6.07 Å². The van der Waals surface area contributed by atoms with Crippen LogP contribution in [0.4, 0.5) is 15.8 Å². The minimum atomic E-state index is -0.585. The van der Waals surface area contributed by atoms with E-state index in [2.05, 4.69) is 5.32 Å². The van der Waals surface area contributed by atoms with Gasteiger partial charge in [0.2, 0.25) is 0 Å². The summed E-state index contributed by atoms with van der Waals surface area (Å²) in [5.74, 6) is -1.40. The minimum Gasteiger partial charge on any atom is -0.505 e. The van der Waals surface area contributed by atoms with Crippen LogP contribution in [0.3, 0.4) is 0 Å². The topological polar surface area (TPSA) is 75.4 Å². The minimum absolute atomic E-state index is 0.0143. The average Bonchev–Trinajstić information content (AvgIpc) is 2.36. The van der Waals surface area contributed by atoms with Gasteiger partial charge in [0.25, 0.3) is 5.91 Å². The molecule has 0 saturated heterocycles. The number of phenolic OH excluding ortho intramolecular Hbond substituents is 1. The number of nitrogens with one attached hydrogen (secondary N) is 1. The molecule has 4 nitrogen and oxygen atoms in total. The van der Waals surface area contributed by atoms with Crippen molar-refractivity contribution in [2.45, 2.75) is 0 Å². The predicted molar refractivity (Wildman–Crippen MR) is 71.9 cm³/mol. The molecule has 0 fully saturated rings. The first-order valence-electron chi connectivity index (χ1n) is 5.33. The second-order valence-corrected chi connectivity index (χ2v) is 4.23. The first-order valence-corrected chi connectivity index (χ1v) is 5.70. The van der Waals surface area contributed by atoms with Gasteiger partial charge in [-0.15, -0.1) is 0 Å². The fourth-order valence-electron chi connectivity index (χ4n) is 1.53. The highest BCUT2D eigenvalue weighted by atomic mass is 35.5. The number of hydrogen-bond acceptors (Lipinski definition) is 3. The highest BCUT2D eigenvalue weighted by Crippen LogP contribution is 2.27. The molecule has 2 aromatic rings. The third-order valence-electron chi connectivity index (χ3n) is 2.49. The van der Waals surface area contributed by atoms with E-state index in [1.54, 1.807) is 0 Å². The van der Waals surface area contributed by atoms with Gasteiger partial charge in [-0.05, 0) is 30.3 Å². The summed E-state index contributed by atoms with van der Waals surface area (Å²) >= 11 is 5.79. The third-order valence-corrected chi connectivity index (χ3v) is 2.80. The summed E-state index contributed by atoms with van der Waals surface area (Å²) in [5, 5.41) is 12.2. The van der Waals surface area contributed by atoms with Crippen LogP contribution in [0.5, 0.6) is 5.75 Å². The Morgan fingerprint density at radius 2 is 2.05 bits per heavy atom. The van der Waals surface area contributed by atoms with Crippen molar-refractivity contribution in [2.24, 2.45) is 0 Å². The summed E-state index contributed by atoms with van der Waals surface area (Å²) in [7, 11) is 0. The summed E-state index contributed by atoms with van der Waals surface area (Å²) < 4.78 is 12.9. The molecule has 0 aliphatic rings. The van der Waals surface area contributed by atoms with Crippen molar-refractivity contribution in [2.75, 3.05) is 11.1 Å². The normalized spacial score (nSPS) is 10.2. The van der Waals surface area contributed by atoms with Gasteiger partial charge in [-0.25, -0.2) is 4.39 Å². The molecule has 0 aliphatic heterocycles. The standard InChI is InChI=1S/C13H10ClFN2O2/c14-9-6-7(15)4-5-11(9)17-13(19)8-2-1-3-10(16)12(8)18/h1-6,18H,16H2,(H,17,19). The van der Waals surface area contributed by atoms with Gasteiger partial charge in [-0.2, -0.15) is 0 Å². The average molecular weight is 281 g/mol. The molecule has 98 valence electrons. The Morgan fingerprint density at radius 3 is 2.74 bits per heavy atom. The number of nitrogen functional groups attached to an aromatic ring is 1. The highest BCUT2D eigenvalue weighted by molar-refractivity contribution is 6.34. The summed E-state index contributed by atoms with van der Waals surface area (Å²) in [6.07, 6.45) is 0. The SMILES string of the molecule is Nc1cccc(C(=O)Nc2ccc(F)cc2Cl)c1O. The summed E-state index contributed by atoms with van der Waals surface area (Å²) in [4.78, 5) is 11.9. The third kappa shape index (κ3) is 2.77. The van der Waals surface area contributed by atoms with Gasteiger partial charge in [-0.1, -0.05) is 17.7 Å². The zero-order chi connectivity index (χ0) is 14.0. The fourth-order valence-corrected chi connectivity index (χ4v) is 1.74. The summed E-state index contributed by atoms with van der Waals surface area (Å²) in [5.41, 5.74) is 5.85. The number of nitrogens with two attached hydrogens (primary N) is 1. The number of para-hydroxylation sites is 1. The number of aromatic hydroxyl groups is 1. The van der Waals surface area contributed by atoms with Gasteiger partial charge in [0.15, 0.2) is 5.75 Å². The second kappa shape index (κ2) is 5.16. The van der Waals surface area contributed by atoms with E-state index in [9.17, 15) is 14.3 Å². The Morgan fingerprint density at radius 1 is 1.32 bits per heavy atom. The number of carbonyl (C=O) groups excluding carboxylic acids is 1. The van der Waals surface area contributed by atoms with Gasteiger partial charge in [-0.3, -0.25) is 4.79 Å². The van der Waals surface area contributed by atoms with Crippen molar-refractivity contribution in [3.05, 3.63) is 52.8 Å². The number of amides is 1. The molecule has 0 saturated carbocycles. The van der Waals surface area contributed by atoms with Crippen molar-refractivity contribution < 1.29 is 14.3 Å². The molecule has 0 bridgehead atoms.